The average Bonchev–Trinajstić information content (AvgIpc) is 2.41. The highest BCUT2D eigenvalue weighted by Gasteiger charge is 2.22. The van der Waals surface area contributed by atoms with Gasteiger partial charge in [0.25, 0.3) is 0 Å². The summed E-state index contributed by atoms with van der Waals surface area (Å²) in [6.45, 7) is 0.185. The fourth-order valence-corrected chi connectivity index (χ4v) is 3.30. The van der Waals surface area contributed by atoms with E-state index in [1.54, 1.807) is 24.3 Å². The molecule has 0 bridgehead atoms. The van der Waals surface area contributed by atoms with Crippen LogP contribution in [-0.4, -0.2) is 24.8 Å². The van der Waals surface area contributed by atoms with Crippen LogP contribution in [0.2, 0.25) is 10.0 Å². The quantitative estimate of drug-likeness (QED) is 0.924. The molecular formula is C13H13Cl2N3O2S. The Hall–Kier alpha value is -1.34. The minimum absolute atomic E-state index is 0.00812. The summed E-state index contributed by atoms with van der Waals surface area (Å²) in [4.78, 5) is 3.76. The molecule has 112 valence electrons. The maximum absolute atomic E-state index is 12.4. The number of nitrogens with zero attached hydrogens (tertiary/aromatic N) is 2. The molecule has 0 saturated carbocycles. The molecule has 5 nitrogen and oxygen atoms in total. The lowest BCUT2D eigenvalue weighted by molar-refractivity contribution is 0.466. The van der Waals surface area contributed by atoms with Crippen LogP contribution in [0.15, 0.2) is 41.4 Å². The number of nitrogen functional groups attached to an aromatic ring is 1. The predicted molar refractivity (Wildman–Crippen MR) is 83.8 cm³/mol. The molecule has 0 amide bonds. The van der Waals surface area contributed by atoms with Crippen molar-refractivity contribution in [1.29, 1.82) is 0 Å². The molecule has 1 aromatic carbocycles. The van der Waals surface area contributed by atoms with Crippen molar-refractivity contribution in [1.82, 2.24) is 9.29 Å². The van der Waals surface area contributed by atoms with Crippen LogP contribution >= 0.6 is 23.2 Å². The van der Waals surface area contributed by atoms with Crippen LogP contribution in [0.4, 0.5) is 5.82 Å². The molecule has 1 aromatic heterocycles. The van der Waals surface area contributed by atoms with Gasteiger partial charge in [-0.15, -0.1) is 0 Å². The largest absolute Gasteiger partial charge is 0.382 e. The molecule has 2 aromatic rings. The second kappa shape index (κ2) is 6.19. The second-order valence-corrected chi connectivity index (χ2v) is 7.32. The molecule has 0 fully saturated rings. The molecule has 0 aliphatic rings. The van der Waals surface area contributed by atoms with Crippen LogP contribution in [0, 0.1) is 0 Å². The number of hydrogen-bond donors (Lipinski definition) is 1. The number of anilines is 1. The molecule has 1 heterocycles. The molecule has 2 N–H and O–H groups in total. The van der Waals surface area contributed by atoms with Gasteiger partial charge in [-0.05, 0) is 23.8 Å². The summed E-state index contributed by atoms with van der Waals surface area (Å²) < 4.78 is 26.1. The van der Waals surface area contributed by atoms with E-state index >= 15 is 0 Å². The number of aromatic nitrogens is 1. The lowest BCUT2D eigenvalue weighted by atomic mass is 10.2. The van der Waals surface area contributed by atoms with Crippen LogP contribution in [-0.2, 0) is 16.6 Å². The zero-order chi connectivity index (χ0) is 15.6. The number of halogens is 2. The number of pyridine rings is 1. The molecule has 0 spiro atoms. The van der Waals surface area contributed by atoms with E-state index in [9.17, 15) is 8.42 Å². The number of benzene rings is 1. The maximum Gasteiger partial charge on any atom is 0.244 e. The molecule has 0 atom stereocenters. The van der Waals surface area contributed by atoms with Gasteiger partial charge < -0.3 is 5.73 Å². The van der Waals surface area contributed by atoms with Crippen molar-refractivity contribution in [3.8, 4) is 0 Å². The Morgan fingerprint density at radius 1 is 1.29 bits per heavy atom. The Balaban J connectivity index is 2.28. The monoisotopic (exact) mass is 345 g/mol. The highest BCUT2D eigenvalue weighted by molar-refractivity contribution is 7.89. The zero-order valence-electron chi connectivity index (χ0n) is 11.1. The normalized spacial score (nSPS) is 11.8. The minimum atomic E-state index is -3.70. The smallest absolute Gasteiger partial charge is 0.244 e. The minimum Gasteiger partial charge on any atom is -0.382 e. The molecule has 21 heavy (non-hydrogen) atoms. The summed E-state index contributed by atoms with van der Waals surface area (Å²) in [6.07, 6.45) is 1.19. The Kier molecular flexibility index (Phi) is 4.73. The maximum atomic E-state index is 12.4. The Bertz CT molecular complexity index is 766. The van der Waals surface area contributed by atoms with Gasteiger partial charge in [0.15, 0.2) is 0 Å². The first-order chi connectivity index (χ1) is 9.80. The third kappa shape index (κ3) is 3.65. The van der Waals surface area contributed by atoms with Crippen molar-refractivity contribution in [2.24, 2.45) is 0 Å². The average molecular weight is 346 g/mol. The molecular weight excluding hydrogens is 333 g/mol. The van der Waals surface area contributed by atoms with Gasteiger partial charge in [-0.3, -0.25) is 0 Å². The summed E-state index contributed by atoms with van der Waals surface area (Å²) in [5.41, 5.74) is 6.26. The molecule has 2 rings (SSSR count). The van der Waals surface area contributed by atoms with Gasteiger partial charge in [0.05, 0.1) is 5.02 Å². The van der Waals surface area contributed by atoms with Crippen LogP contribution in [0.5, 0.6) is 0 Å². The molecule has 0 aliphatic heterocycles. The van der Waals surface area contributed by atoms with E-state index in [0.717, 1.165) is 5.56 Å². The Labute approximate surface area is 133 Å². The van der Waals surface area contributed by atoms with Crippen molar-refractivity contribution in [3.05, 3.63) is 52.1 Å². The molecule has 0 aliphatic carbocycles. The highest BCUT2D eigenvalue weighted by Crippen LogP contribution is 2.23. The zero-order valence-corrected chi connectivity index (χ0v) is 13.5. The second-order valence-electron chi connectivity index (χ2n) is 4.43. The lowest BCUT2D eigenvalue weighted by Crippen LogP contribution is -2.26. The van der Waals surface area contributed by atoms with Crippen LogP contribution in [0.1, 0.15) is 5.56 Å². The third-order valence-electron chi connectivity index (χ3n) is 2.85. The summed E-state index contributed by atoms with van der Waals surface area (Å²) in [6, 6.07) is 8.28. The number of rotatable bonds is 4. The Morgan fingerprint density at radius 3 is 2.62 bits per heavy atom. The van der Waals surface area contributed by atoms with Crippen LogP contribution < -0.4 is 5.73 Å². The first-order valence-electron chi connectivity index (χ1n) is 5.92. The number of nitrogens with two attached hydrogens (primary N) is 1. The highest BCUT2D eigenvalue weighted by atomic mass is 35.5. The predicted octanol–water partition coefficient (Wildman–Crippen LogP) is 2.79. The summed E-state index contributed by atoms with van der Waals surface area (Å²) in [5, 5.41) is 0.655. The van der Waals surface area contributed by atoms with E-state index < -0.39 is 10.0 Å². The lowest BCUT2D eigenvalue weighted by Gasteiger charge is -2.17. The standard InChI is InChI=1S/C13H13Cl2N3O2S/c1-18(8-9-3-2-4-10(14)5-9)21(19,20)11-6-12(15)13(16)17-7-11/h2-7H,8H2,1H3,(H2,16,17). The van der Waals surface area contributed by atoms with Gasteiger partial charge in [0.1, 0.15) is 10.7 Å². The van der Waals surface area contributed by atoms with E-state index in [4.69, 9.17) is 28.9 Å². The van der Waals surface area contributed by atoms with Gasteiger partial charge in [-0.2, -0.15) is 4.31 Å². The summed E-state index contributed by atoms with van der Waals surface area (Å²) in [7, 11) is -2.23. The first-order valence-corrected chi connectivity index (χ1v) is 8.12. The Morgan fingerprint density at radius 2 is 2.00 bits per heavy atom. The molecule has 8 heteroatoms. The van der Waals surface area contributed by atoms with E-state index in [2.05, 4.69) is 4.98 Å². The summed E-state index contributed by atoms with van der Waals surface area (Å²) in [5.74, 6) is 0.0908. The fourth-order valence-electron chi connectivity index (χ4n) is 1.73. The fraction of sp³-hybridized carbons (Fsp3) is 0.154. The van der Waals surface area contributed by atoms with E-state index in [-0.39, 0.29) is 22.3 Å². The van der Waals surface area contributed by atoms with E-state index in [0.29, 0.717) is 5.02 Å². The van der Waals surface area contributed by atoms with Gasteiger partial charge >= 0.3 is 0 Å². The van der Waals surface area contributed by atoms with Crippen molar-refractivity contribution in [3.63, 3.8) is 0 Å². The first kappa shape index (κ1) is 16.0. The topological polar surface area (TPSA) is 76.3 Å². The molecule has 0 radical (unpaired) electrons. The summed E-state index contributed by atoms with van der Waals surface area (Å²) >= 11 is 11.7. The van der Waals surface area contributed by atoms with Crippen molar-refractivity contribution < 1.29 is 8.42 Å². The molecule has 0 saturated heterocycles. The third-order valence-corrected chi connectivity index (χ3v) is 5.15. The van der Waals surface area contributed by atoms with Crippen molar-refractivity contribution >= 4 is 39.0 Å². The van der Waals surface area contributed by atoms with Crippen LogP contribution in [0.3, 0.4) is 0 Å². The molecule has 0 unspecified atom stereocenters. The van der Waals surface area contributed by atoms with Crippen LogP contribution in [0.25, 0.3) is 0 Å². The van der Waals surface area contributed by atoms with Crippen molar-refractivity contribution in [2.75, 3.05) is 12.8 Å². The SMILES string of the molecule is CN(Cc1cccc(Cl)c1)S(=O)(=O)c1cnc(N)c(Cl)c1. The van der Waals surface area contributed by atoms with Gasteiger partial charge in [0.2, 0.25) is 10.0 Å². The van der Waals surface area contributed by atoms with E-state index in [1.165, 1.54) is 23.6 Å². The van der Waals surface area contributed by atoms with Crippen molar-refractivity contribution in [2.45, 2.75) is 11.4 Å². The number of hydrogen-bond acceptors (Lipinski definition) is 4. The van der Waals surface area contributed by atoms with Gasteiger partial charge in [-0.25, -0.2) is 13.4 Å². The number of sulfonamides is 1. The van der Waals surface area contributed by atoms with E-state index in [1.807, 2.05) is 0 Å². The van der Waals surface area contributed by atoms with Gasteiger partial charge in [-0.1, -0.05) is 35.3 Å². The van der Waals surface area contributed by atoms with Gasteiger partial charge in [0, 0.05) is 24.8 Å².